The van der Waals surface area contributed by atoms with Crippen molar-refractivity contribution in [1.29, 1.82) is 0 Å². The Labute approximate surface area is 179 Å². The van der Waals surface area contributed by atoms with Crippen molar-refractivity contribution in [2.24, 2.45) is 22.7 Å². The Morgan fingerprint density at radius 2 is 2.03 bits per heavy atom. The highest BCUT2D eigenvalue weighted by Gasteiger charge is 2.68. The summed E-state index contributed by atoms with van der Waals surface area (Å²) in [5.41, 5.74) is 1.17. The highest BCUT2D eigenvalue weighted by atomic mass is 16.5. The molecule has 1 aromatic rings. The number of hydrogen-bond donors (Lipinski definition) is 1. The van der Waals surface area contributed by atoms with Gasteiger partial charge in [-0.2, -0.15) is 0 Å². The molecule has 0 aromatic heterocycles. The molecular weight excluding hydrogens is 382 g/mol. The predicted octanol–water partition coefficient (Wildman–Crippen LogP) is 3.74. The van der Waals surface area contributed by atoms with E-state index in [1.165, 1.54) is 0 Å². The molecular formula is C24H35NO5. The Morgan fingerprint density at radius 3 is 2.73 bits per heavy atom. The van der Waals surface area contributed by atoms with E-state index in [4.69, 9.17) is 18.9 Å². The fourth-order valence-electron chi connectivity index (χ4n) is 6.66. The van der Waals surface area contributed by atoms with Crippen molar-refractivity contribution >= 4 is 5.91 Å². The first kappa shape index (κ1) is 21.4. The van der Waals surface area contributed by atoms with E-state index >= 15 is 0 Å². The minimum atomic E-state index is -0.0525. The third-order valence-electron chi connectivity index (χ3n) is 8.08. The van der Waals surface area contributed by atoms with Crippen LogP contribution < -0.4 is 14.8 Å². The summed E-state index contributed by atoms with van der Waals surface area (Å²) < 4.78 is 22.8. The van der Waals surface area contributed by atoms with Crippen LogP contribution in [0.4, 0.5) is 0 Å². The summed E-state index contributed by atoms with van der Waals surface area (Å²) in [7, 11) is 4.98. The van der Waals surface area contributed by atoms with Crippen LogP contribution in [0.3, 0.4) is 0 Å². The summed E-state index contributed by atoms with van der Waals surface area (Å²) in [5, 5.41) is 3.42. The van der Waals surface area contributed by atoms with E-state index in [2.05, 4.69) is 25.2 Å². The highest BCUT2D eigenvalue weighted by molar-refractivity contribution is 5.76. The highest BCUT2D eigenvalue weighted by Crippen LogP contribution is 2.71. The Balaban J connectivity index is 1.67. The molecule has 1 aromatic carbocycles. The van der Waals surface area contributed by atoms with E-state index in [1.807, 2.05) is 12.1 Å². The van der Waals surface area contributed by atoms with Gasteiger partial charge in [-0.3, -0.25) is 4.79 Å². The van der Waals surface area contributed by atoms with Crippen molar-refractivity contribution in [3.63, 3.8) is 0 Å². The van der Waals surface area contributed by atoms with Crippen LogP contribution in [-0.4, -0.2) is 46.5 Å². The fourth-order valence-corrected chi connectivity index (χ4v) is 6.66. The molecule has 5 atom stereocenters. The molecule has 0 radical (unpaired) electrons. The normalized spacial score (nSPS) is 33.8. The number of rotatable bonds is 7. The molecule has 30 heavy (non-hydrogen) atoms. The van der Waals surface area contributed by atoms with E-state index in [0.717, 1.165) is 36.3 Å². The van der Waals surface area contributed by atoms with Gasteiger partial charge < -0.3 is 24.3 Å². The summed E-state index contributed by atoms with van der Waals surface area (Å²) in [6.45, 7) is 5.78. The van der Waals surface area contributed by atoms with Gasteiger partial charge in [-0.15, -0.1) is 0 Å². The summed E-state index contributed by atoms with van der Waals surface area (Å²) in [4.78, 5) is 12.7. The maximum absolute atomic E-state index is 12.7. The molecule has 1 N–H and O–H groups in total. The molecule has 166 valence electrons. The summed E-state index contributed by atoms with van der Waals surface area (Å²) in [6, 6.07) is 6.15. The number of fused-ring (bicyclic) bond motifs is 1. The molecule has 1 heterocycles. The van der Waals surface area contributed by atoms with Crippen LogP contribution in [0, 0.1) is 22.7 Å². The second kappa shape index (κ2) is 8.04. The molecule has 3 aliphatic rings. The number of amides is 1. The second-order valence-electron chi connectivity index (χ2n) is 9.67. The van der Waals surface area contributed by atoms with Gasteiger partial charge in [0, 0.05) is 31.7 Å². The van der Waals surface area contributed by atoms with Gasteiger partial charge in [-0.05, 0) is 48.0 Å². The third-order valence-corrected chi connectivity index (χ3v) is 8.08. The summed E-state index contributed by atoms with van der Waals surface area (Å²) >= 11 is 0. The zero-order chi connectivity index (χ0) is 21.5. The number of carbonyl (C=O) groups excluding carboxylic acids is 1. The van der Waals surface area contributed by atoms with Gasteiger partial charge in [0.15, 0.2) is 11.5 Å². The molecule has 1 spiro atoms. The van der Waals surface area contributed by atoms with Gasteiger partial charge in [0.1, 0.15) is 0 Å². The van der Waals surface area contributed by atoms with Gasteiger partial charge >= 0.3 is 0 Å². The molecule has 6 heteroatoms. The Kier molecular flexibility index (Phi) is 5.75. The molecule has 3 fully saturated rings. The first-order chi connectivity index (χ1) is 14.4. The molecule has 4 rings (SSSR count). The molecule has 2 bridgehead atoms. The molecule has 1 saturated heterocycles. The van der Waals surface area contributed by atoms with Gasteiger partial charge in [0.05, 0.1) is 26.9 Å². The van der Waals surface area contributed by atoms with E-state index in [9.17, 15) is 4.79 Å². The summed E-state index contributed by atoms with van der Waals surface area (Å²) in [6.07, 6.45) is 3.59. The van der Waals surface area contributed by atoms with Crippen LogP contribution in [0.1, 0.15) is 51.2 Å². The maximum atomic E-state index is 12.7. The Morgan fingerprint density at radius 1 is 1.23 bits per heavy atom. The Bertz CT molecular complexity index is 794. The number of hydrogen-bond acceptors (Lipinski definition) is 5. The number of nitrogens with one attached hydrogen (secondary N) is 1. The van der Waals surface area contributed by atoms with E-state index in [-0.39, 0.29) is 28.9 Å². The molecule has 1 amide bonds. The predicted molar refractivity (Wildman–Crippen MR) is 114 cm³/mol. The number of methoxy groups -OCH3 is 3. The van der Waals surface area contributed by atoms with Crippen LogP contribution >= 0.6 is 0 Å². The average Bonchev–Trinajstić information content (AvgIpc) is 3.24. The zero-order valence-corrected chi connectivity index (χ0v) is 18.8. The number of para-hydroxylation sites is 1. The van der Waals surface area contributed by atoms with Gasteiger partial charge in [-0.1, -0.05) is 26.0 Å². The molecule has 2 saturated carbocycles. The standard InChI is InChI=1S/C24H35NO5/c1-23(2)15-13-17-20(16-7-6-8-18(28-4)21(16)29-5)30-12-10-24(17,14-15)22(23)25-19(26)9-11-27-3/h6-8,15,17,20,22H,9-14H2,1-5H3,(H,25,26)/t15-,17-,20-,22-,24?/m1/s1. The summed E-state index contributed by atoms with van der Waals surface area (Å²) in [5.74, 6) is 2.47. The fraction of sp³-hybridized carbons (Fsp3) is 0.708. The lowest BCUT2D eigenvalue weighted by Crippen LogP contribution is -2.59. The van der Waals surface area contributed by atoms with Gasteiger partial charge in [0.2, 0.25) is 5.91 Å². The van der Waals surface area contributed by atoms with Crippen LogP contribution in [0.2, 0.25) is 0 Å². The van der Waals surface area contributed by atoms with E-state index in [1.54, 1.807) is 21.3 Å². The van der Waals surface area contributed by atoms with Crippen molar-refractivity contribution in [3.05, 3.63) is 23.8 Å². The second-order valence-corrected chi connectivity index (χ2v) is 9.67. The molecule has 2 aliphatic carbocycles. The van der Waals surface area contributed by atoms with Crippen molar-refractivity contribution in [1.82, 2.24) is 5.32 Å². The van der Waals surface area contributed by atoms with Crippen molar-refractivity contribution in [2.75, 3.05) is 34.5 Å². The van der Waals surface area contributed by atoms with Crippen LogP contribution in [0.25, 0.3) is 0 Å². The zero-order valence-electron chi connectivity index (χ0n) is 18.8. The van der Waals surface area contributed by atoms with E-state index in [0.29, 0.717) is 31.5 Å². The van der Waals surface area contributed by atoms with Crippen LogP contribution in [0.15, 0.2) is 18.2 Å². The smallest absolute Gasteiger partial charge is 0.222 e. The topological polar surface area (TPSA) is 66.0 Å². The van der Waals surface area contributed by atoms with Crippen molar-refractivity contribution < 1.29 is 23.7 Å². The minimum Gasteiger partial charge on any atom is -0.493 e. The molecule has 6 nitrogen and oxygen atoms in total. The third kappa shape index (κ3) is 3.19. The van der Waals surface area contributed by atoms with Crippen molar-refractivity contribution in [2.45, 2.75) is 51.7 Å². The SMILES string of the molecule is COCCC(=O)N[C@@H]1C(C)(C)[C@@H]2C[C@@H]3[C@@H](c4cccc(OC)c4OC)OCCC31C2. The van der Waals surface area contributed by atoms with E-state index < -0.39 is 0 Å². The van der Waals surface area contributed by atoms with Gasteiger partial charge in [0.25, 0.3) is 0 Å². The van der Waals surface area contributed by atoms with Gasteiger partial charge in [-0.25, -0.2) is 0 Å². The Hall–Kier alpha value is -1.79. The van der Waals surface area contributed by atoms with Crippen LogP contribution in [-0.2, 0) is 14.3 Å². The van der Waals surface area contributed by atoms with Crippen molar-refractivity contribution in [3.8, 4) is 11.5 Å². The van der Waals surface area contributed by atoms with Crippen LogP contribution in [0.5, 0.6) is 11.5 Å². The number of carbonyl (C=O) groups is 1. The molecule has 1 unspecified atom stereocenters. The lowest BCUT2D eigenvalue weighted by molar-refractivity contribution is -0.138. The minimum absolute atomic E-state index is 0.0495. The average molecular weight is 418 g/mol. The first-order valence-corrected chi connectivity index (χ1v) is 11.0. The monoisotopic (exact) mass is 417 g/mol. The lowest BCUT2D eigenvalue weighted by atomic mass is 9.58. The quantitative estimate of drug-likeness (QED) is 0.732. The first-order valence-electron chi connectivity index (χ1n) is 11.0. The maximum Gasteiger partial charge on any atom is 0.222 e. The number of ether oxygens (including phenoxy) is 4. The lowest BCUT2D eigenvalue weighted by Gasteiger charge is -2.53. The molecule has 1 aliphatic heterocycles. The number of benzene rings is 1. The largest absolute Gasteiger partial charge is 0.493 e.